The minimum absolute atomic E-state index is 0.0560. The molecule has 31 heavy (non-hydrogen) atoms. The Morgan fingerprint density at radius 1 is 0.871 bits per heavy atom. The molecule has 0 bridgehead atoms. The second-order valence-electron chi connectivity index (χ2n) is 9.15. The molecule has 1 unspecified atom stereocenters. The molecular weight excluding hydrogens is 386 g/mol. The van der Waals surface area contributed by atoms with Crippen molar-refractivity contribution >= 4 is 17.5 Å². The molecule has 2 aliphatic rings. The third kappa shape index (κ3) is 5.16. The molecule has 5 heteroatoms. The topological polar surface area (TPSA) is 52.6 Å². The first-order valence-electron chi connectivity index (χ1n) is 11.5. The van der Waals surface area contributed by atoms with Crippen molar-refractivity contribution in [3.63, 3.8) is 0 Å². The van der Waals surface area contributed by atoms with E-state index in [1.807, 2.05) is 17.0 Å². The predicted molar refractivity (Wildman–Crippen MR) is 125 cm³/mol. The van der Waals surface area contributed by atoms with Crippen molar-refractivity contribution in [2.75, 3.05) is 32.5 Å². The molecule has 0 spiro atoms. The van der Waals surface area contributed by atoms with Crippen LogP contribution in [0.25, 0.3) is 0 Å². The van der Waals surface area contributed by atoms with Crippen LogP contribution in [-0.4, -0.2) is 54.8 Å². The van der Waals surface area contributed by atoms with Gasteiger partial charge in [-0.15, -0.1) is 0 Å². The first-order valence-corrected chi connectivity index (χ1v) is 11.5. The lowest BCUT2D eigenvalue weighted by atomic mass is 9.84. The van der Waals surface area contributed by atoms with E-state index < -0.39 is 0 Å². The Morgan fingerprint density at radius 3 is 2.13 bits per heavy atom. The standard InChI is InChI=1S/C26H33N3O2/c1-28(2)24-16-17-29(18-24)26(31)22-12-14-23(15-13-22)27-25(30)21-10-8-20(9-11-21)19-6-4-3-5-7-19/h8-15,19,24H,3-7,16-18H2,1-2H3,(H,27,30). The summed E-state index contributed by atoms with van der Waals surface area (Å²) in [6, 6.07) is 15.7. The van der Waals surface area contributed by atoms with Gasteiger partial charge in [-0.05, 0) is 81.2 Å². The molecule has 164 valence electrons. The summed E-state index contributed by atoms with van der Waals surface area (Å²) in [5, 5.41) is 2.94. The van der Waals surface area contributed by atoms with Gasteiger partial charge in [0.1, 0.15) is 0 Å². The number of nitrogens with one attached hydrogen (secondary N) is 1. The minimum atomic E-state index is -0.123. The summed E-state index contributed by atoms with van der Waals surface area (Å²) in [6.45, 7) is 1.55. The number of nitrogens with zero attached hydrogens (tertiary/aromatic N) is 2. The van der Waals surface area contributed by atoms with Crippen LogP contribution in [0.1, 0.15) is 70.7 Å². The lowest BCUT2D eigenvalue weighted by molar-refractivity contribution is 0.0783. The number of carbonyl (C=O) groups excluding carboxylic acids is 2. The third-order valence-corrected chi connectivity index (χ3v) is 6.82. The van der Waals surface area contributed by atoms with Crippen LogP contribution in [0.3, 0.4) is 0 Å². The fraction of sp³-hybridized carbons (Fsp3) is 0.462. The zero-order chi connectivity index (χ0) is 21.8. The molecule has 1 heterocycles. The maximum Gasteiger partial charge on any atom is 0.255 e. The van der Waals surface area contributed by atoms with Crippen LogP contribution in [0.2, 0.25) is 0 Å². The van der Waals surface area contributed by atoms with Crippen molar-refractivity contribution in [1.82, 2.24) is 9.80 Å². The number of anilines is 1. The molecule has 1 saturated carbocycles. The van der Waals surface area contributed by atoms with E-state index in [2.05, 4.69) is 36.4 Å². The Kier molecular flexibility index (Phi) is 6.71. The van der Waals surface area contributed by atoms with Crippen molar-refractivity contribution < 1.29 is 9.59 Å². The Balaban J connectivity index is 1.34. The highest BCUT2D eigenvalue weighted by molar-refractivity contribution is 6.04. The number of likely N-dealkylation sites (tertiary alicyclic amines) is 1. The van der Waals surface area contributed by atoms with Gasteiger partial charge in [0.05, 0.1) is 0 Å². The summed E-state index contributed by atoms with van der Waals surface area (Å²) in [5.41, 5.74) is 3.36. The van der Waals surface area contributed by atoms with Gasteiger partial charge in [-0.25, -0.2) is 0 Å². The third-order valence-electron chi connectivity index (χ3n) is 6.82. The van der Waals surface area contributed by atoms with E-state index in [4.69, 9.17) is 0 Å². The minimum Gasteiger partial charge on any atom is -0.337 e. The van der Waals surface area contributed by atoms with Gasteiger partial charge in [-0.2, -0.15) is 0 Å². The van der Waals surface area contributed by atoms with E-state index in [1.165, 1.54) is 37.7 Å². The lowest BCUT2D eigenvalue weighted by Crippen LogP contribution is -2.34. The maximum absolute atomic E-state index is 12.8. The van der Waals surface area contributed by atoms with Gasteiger partial charge < -0.3 is 15.1 Å². The fourth-order valence-electron chi connectivity index (χ4n) is 4.77. The second-order valence-corrected chi connectivity index (χ2v) is 9.15. The molecule has 1 N–H and O–H groups in total. The number of carbonyl (C=O) groups is 2. The quantitative estimate of drug-likeness (QED) is 0.760. The number of hydrogen-bond acceptors (Lipinski definition) is 3. The Hall–Kier alpha value is -2.66. The zero-order valence-corrected chi connectivity index (χ0v) is 18.6. The summed E-state index contributed by atoms with van der Waals surface area (Å²) in [6.07, 6.45) is 7.47. The van der Waals surface area contributed by atoms with Gasteiger partial charge in [0.2, 0.25) is 0 Å². The van der Waals surface area contributed by atoms with Crippen LogP contribution in [0, 0.1) is 0 Å². The van der Waals surface area contributed by atoms with E-state index in [0.717, 1.165) is 19.5 Å². The lowest BCUT2D eigenvalue weighted by Gasteiger charge is -2.22. The summed E-state index contributed by atoms with van der Waals surface area (Å²) >= 11 is 0. The molecule has 2 amide bonds. The zero-order valence-electron chi connectivity index (χ0n) is 18.6. The maximum atomic E-state index is 12.8. The Bertz CT molecular complexity index is 899. The van der Waals surface area contributed by atoms with Gasteiger partial charge >= 0.3 is 0 Å². The fourth-order valence-corrected chi connectivity index (χ4v) is 4.77. The molecule has 0 aromatic heterocycles. The molecule has 2 aromatic rings. The number of rotatable bonds is 5. The smallest absolute Gasteiger partial charge is 0.255 e. The monoisotopic (exact) mass is 419 g/mol. The van der Waals surface area contributed by atoms with Crippen LogP contribution >= 0.6 is 0 Å². The van der Waals surface area contributed by atoms with Crippen molar-refractivity contribution in [2.45, 2.75) is 50.5 Å². The molecule has 1 aliphatic carbocycles. The molecule has 2 aromatic carbocycles. The van der Waals surface area contributed by atoms with E-state index in [0.29, 0.717) is 28.8 Å². The van der Waals surface area contributed by atoms with Crippen molar-refractivity contribution in [2.24, 2.45) is 0 Å². The average molecular weight is 420 g/mol. The van der Waals surface area contributed by atoms with Crippen LogP contribution in [0.5, 0.6) is 0 Å². The number of likely N-dealkylation sites (N-methyl/N-ethyl adjacent to an activating group) is 1. The Labute approximate surface area is 185 Å². The molecule has 1 saturated heterocycles. The summed E-state index contributed by atoms with van der Waals surface area (Å²) < 4.78 is 0. The van der Waals surface area contributed by atoms with E-state index in [1.54, 1.807) is 24.3 Å². The van der Waals surface area contributed by atoms with E-state index in [9.17, 15) is 9.59 Å². The van der Waals surface area contributed by atoms with Gasteiger partial charge in [0, 0.05) is 35.9 Å². The highest BCUT2D eigenvalue weighted by Crippen LogP contribution is 2.32. The van der Waals surface area contributed by atoms with Gasteiger partial charge in [-0.3, -0.25) is 9.59 Å². The van der Waals surface area contributed by atoms with Gasteiger partial charge in [-0.1, -0.05) is 31.4 Å². The second kappa shape index (κ2) is 9.65. The molecule has 2 fully saturated rings. The van der Waals surface area contributed by atoms with E-state index in [-0.39, 0.29) is 11.8 Å². The van der Waals surface area contributed by atoms with Crippen LogP contribution < -0.4 is 5.32 Å². The number of benzene rings is 2. The average Bonchev–Trinajstić information content (AvgIpc) is 3.31. The molecule has 1 atom stereocenters. The van der Waals surface area contributed by atoms with Crippen molar-refractivity contribution in [3.05, 3.63) is 65.2 Å². The Morgan fingerprint density at radius 2 is 1.52 bits per heavy atom. The first kappa shape index (κ1) is 21.6. The summed E-state index contributed by atoms with van der Waals surface area (Å²) in [5.74, 6) is 0.572. The van der Waals surface area contributed by atoms with Gasteiger partial charge in [0.25, 0.3) is 11.8 Å². The normalized spacial score (nSPS) is 19.6. The summed E-state index contributed by atoms with van der Waals surface area (Å²) in [7, 11) is 4.11. The first-order chi connectivity index (χ1) is 15.0. The molecule has 4 rings (SSSR count). The van der Waals surface area contributed by atoms with Crippen LogP contribution in [-0.2, 0) is 0 Å². The largest absolute Gasteiger partial charge is 0.337 e. The van der Waals surface area contributed by atoms with E-state index >= 15 is 0 Å². The molecular formula is C26H33N3O2. The number of amides is 2. The van der Waals surface area contributed by atoms with Crippen molar-refractivity contribution in [3.8, 4) is 0 Å². The molecule has 5 nitrogen and oxygen atoms in total. The van der Waals surface area contributed by atoms with Gasteiger partial charge in [0.15, 0.2) is 0 Å². The van der Waals surface area contributed by atoms with Crippen LogP contribution in [0.15, 0.2) is 48.5 Å². The molecule has 1 aliphatic heterocycles. The predicted octanol–water partition coefficient (Wildman–Crippen LogP) is 4.76. The summed E-state index contributed by atoms with van der Waals surface area (Å²) in [4.78, 5) is 29.5. The highest BCUT2D eigenvalue weighted by atomic mass is 16.2. The molecule has 0 radical (unpaired) electrons. The SMILES string of the molecule is CN(C)C1CCN(C(=O)c2ccc(NC(=O)c3ccc(C4CCCCC4)cc3)cc2)C1. The van der Waals surface area contributed by atoms with Crippen LogP contribution in [0.4, 0.5) is 5.69 Å². The highest BCUT2D eigenvalue weighted by Gasteiger charge is 2.28. The van der Waals surface area contributed by atoms with Crippen molar-refractivity contribution in [1.29, 1.82) is 0 Å². The number of hydrogen-bond donors (Lipinski definition) is 1.